The van der Waals surface area contributed by atoms with E-state index in [9.17, 15) is 0 Å². The van der Waals surface area contributed by atoms with Crippen molar-refractivity contribution in [2.45, 2.75) is 0 Å². The minimum absolute atomic E-state index is 0. The van der Waals surface area contributed by atoms with Gasteiger partial charge in [-0.3, -0.25) is 0 Å². The van der Waals surface area contributed by atoms with Gasteiger partial charge in [0.15, 0.2) is 0 Å². The molecule has 10 heteroatoms. The van der Waals surface area contributed by atoms with E-state index in [1.54, 1.807) is 0 Å². The molecule has 0 heterocycles. The normalized spacial score (nSPS) is 2.00. The van der Waals surface area contributed by atoms with Crippen molar-refractivity contribution in [2.24, 2.45) is 0 Å². The molecule has 0 aliphatic heterocycles. The van der Waals surface area contributed by atoms with Crippen LogP contribution < -0.4 is 20.4 Å². The molecule has 0 N–H and O–H groups in total. The smallest absolute Gasteiger partial charge is 0.812 e. The van der Waals surface area contributed by atoms with Gasteiger partial charge in [0.1, 0.15) is 0 Å². The predicted molar refractivity (Wildman–Crippen MR) is 22.5 cm³/mol. The summed E-state index contributed by atoms with van der Waals surface area (Å²) in [5.41, 5.74) is 0. The number of nitrogens with zero attached hydrogens (tertiary/aromatic N) is 4. The number of rotatable bonds is 0. The molecule has 0 saturated carbocycles. The molecule has 14 heavy (non-hydrogen) atoms. The first-order chi connectivity index (χ1) is 5.66. The van der Waals surface area contributed by atoms with E-state index < -0.39 is 0 Å². The van der Waals surface area contributed by atoms with Gasteiger partial charge in [-0.1, -0.05) is 0 Å². The predicted octanol–water partition coefficient (Wildman–Crippen LogP) is -4.69. The molecule has 0 unspecified atom stereocenters. The molecule has 0 fully saturated rings. The molecule has 8 nitrogen and oxygen atoms in total. The largest absolute Gasteiger partial charge is 2.00 e. The second-order valence-corrected chi connectivity index (χ2v) is 0.365. The van der Waals surface area contributed by atoms with E-state index >= 15 is 0 Å². The van der Waals surface area contributed by atoms with Crippen LogP contribution in [0.15, 0.2) is 0 Å². The molecule has 0 aromatic carbocycles. The number of nitriles is 4. The summed E-state index contributed by atoms with van der Waals surface area (Å²) in [5, 5.41) is 60.0. The van der Waals surface area contributed by atoms with Gasteiger partial charge < -0.3 is 20.4 Å². The molecule has 78 valence electrons. The maximum atomic E-state index is 8.24. The topological polar surface area (TPSA) is 187 Å². The Hall–Kier alpha value is -1.83. The molecule has 0 aliphatic carbocycles. The van der Waals surface area contributed by atoms with Gasteiger partial charge in [-0.2, -0.15) is 0 Å². The zero-order valence-corrected chi connectivity index (χ0v) is 8.17. The summed E-state index contributed by atoms with van der Waals surface area (Å²) < 4.78 is 0. The Morgan fingerprint density at radius 2 is 0.500 bits per heavy atom. The summed E-state index contributed by atoms with van der Waals surface area (Å²) >= 11 is 0. The van der Waals surface area contributed by atoms with Crippen LogP contribution in [0.1, 0.15) is 0 Å². The van der Waals surface area contributed by atoms with Crippen LogP contribution >= 0.6 is 0 Å². The Kier molecular flexibility index (Phi) is 698. The van der Waals surface area contributed by atoms with Crippen molar-refractivity contribution >= 4 is 0 Å². The third kappa shape index (κ3) is 256. The van der Waals surface area contributed by atoms with Crippen LogP contribution in [0.25, 0.3) is 0 Å². The fourth-order valence-electron chi connectivity index (χ4n) is 0. The summed E-state index contributed by atoms with van der Waals surface area (Å²) in [7, 11) is 0. The van der Waals surface area contributed by atoms with E-state index in [1.165, 1.54) is 0 Å². The Morgan fingerprint density at radius 3 is 0.500 bits per heavy atom. The number of hydrogen-bond acceptors (Lipinski definition) is 8. The van der Waals surface area contributed by atoms with Gasteiger partial charge >= 0.3 is 33.6 Å². The SMILES string of the molecule is N#C[O-].N#C[O-].N#C[O-].N#C[O-].[Co+2].[Co+2]. The van der Waals surface area contributed by atoms with Crippen molar-refractivity contribution in [2.75, 3.05) is 0 Å². The first-order valence-corrected chi connectivity index (χ1v) is 1.71. The van der Waals surface area contributed by atoms with Gasteiger partial charge in [0.25, 0.3) is 0 Å². The van der Waals surface area contributed by atoms with Crippen molar-refractivity contribution in [3.63, 3.8) is 0 Å². The maximum absolute atomic E-state index is 8.24. The minimum Gasteiger partial charge on any atom is -0.812 e. The first-order valence-electron chi connectivity index (χ1n) is 1.71. The molecule has 0 aromatic rings. The molecular weight excluding hydrogens is 286 g/mol. The molecule has 0 rings (SSSR count). The molecule has 0 amide bonds. The average molecular weight is 286 g/mol. The Morgan fingerprint density at radius 1 is 0.500 bits per heavy atom. The van der Waals surface area contributed by atoms with E-state index in [-0.39, 0.29) is 33.6 Å². The molecule has 0 spiro atoms. The summed E-state index contributed by atoms with van der Waals surface area (Å²) in [6.07, 6.45) is 2.00. The van der Waals surface area contributed by atoms with E-state index in [2.05, 4.69) is 0 Å². The van der Waals surface area contributed by atoms with Gasteiger partial charge in [0, 0.05) is 25.0 Å². The van der Waals surface area contributed by atoms with Gasteiger partial charge in [-0.15, -0.1) is 0 Å². The standard InChI is InChI=1S/4CHNO.2Co/c4*2-1-3;;/h4*3H;;/q;;;;2*+2/p-4. The van der Waals surface area contributed by atoms with Crippen LogP contribution in [-0.4, -0.2) is 0 Å². The van der Waals surface area contributed by atoms with Crippen molar-refractivity contribution in [1.29, 1.82) is 21.0 Å². The first kappa shape index (κ1) is 39.9. The van der Waals surface area contributed by atoms with Crippen molar-refractivity contribution < 1.29 is 54.0 Å². The quantitative estimate of drug-likeness (QED) is 0.397. The summed E-state index contributed by atoms with van der Waals surface area (Å²) in [6, 6.07) is 0. The molecule has 0 aromatic heterocycles. The Bertz CT molecular complexity index is 161. The van der Waals surface area contributed by atoms with E-state index in [0.717, 1.165) is 0 Å². The molecule has 0 saturated heterocycles. The maximum Gasteiger partial charge on any atom is 2.00 e. The minimum atomic E-state index is 0. The molecular formula is C4Co2N4O4. The fourth-order valence-corrected chi connectivity index (χ4v) is 0. The van der Waals surface area contributed by atoms with Crippen LogP contribution in [-0.2, 0) is 33.6 Å². The van der Waals surface area contributed by atoms with Gasteiger partial charge in [-0.05, 0) is 0 Å². The fraction of sp³-hybridized carbons (Fsp3) is 0. The summed E-state index contributed by atoms with van der Waals surface area (Å²) in [5.74, 6) is 0. The van der Waals surface area contributed by atoms with Crippen LogP contribution in [0.3, 0.4) is 0 Å². The van der Waals surface area contributed by atoms with Gasteiger partial charge in [0.2, 0.25) is 0 Å². The third-order valence-corrected chi connectivity index (χ3v) is 0. The van der Waals surface area contributed by atoms with Crippen LogP contribution in [0.4, 0.5) is 0 Å². The Balaban J connectivity index is -0.0000000145. The van der Waals surface area contributed by atoms with E-state index in [4.69, 9.17) is 41.5 Å². The van der Waals surface area contributed by atoms with Crippen molar-refractivity contribution in [3.05, 3.63) is 0 Å². The van der Waals surface area contributed by atoms with E-state index in [0.29, 0.717) is 25.0 Å². The summed E-state index contributed by atoms with van der Waals surface area (Å²) in [6.45, 7) is 0. The zero-order chi connectivity index (χ0) is 10.8. The summed E-state index contributed by atoms with van der Waals surface area (Å²) in [4.78, 5) is 0. The second kappa shape index (κ2) is 245. The van der Waals surface area contributed by atoms with Crippen molar-refractivity contribution in [1.82, 2.24) is 0 Å². The molecule has 0 atom stereocenters. The molecule has 0 aliphatic rings. The molecule has 0 bridgehead atoms. The molecule has 2 radical (unpaired) electrons. The van der Waals surface area contributed by atoms with E-state index in [1.807, 2.05) is 0 Å². The Labute approximate surface area is 100 Å². The third-order valence-electron chi connectivity index (χ3n) is 0. The van der Waals surface area contributed by atoms with Gasteiger partial charge in [-0.25, -0.2) is 21.0 Å². The van der Waals surface area contributed by atoms with Crippen LogP contribution in [0, 0.1) is 46.1 Å². The number of hydrogen-bond donors (Lipinski definition) is 0. The zero-order valence-electron chi connectivity index (χ0n) is 6.09. The monoisotopic (exact) mass is 286 g/mol. The van der Waals surface area contributed by atoms with Crippen molar-refractivity contribution in [3.8, 4) is 25.0 Å². The second-order valence-electron chi connectivity index (χ2n) is 0.365. The average Bonchev–Trinajstić information content (AvgIpc) is 1.92. The van der Waals surface area contributed by atoms with Gasteiger partial charge in [0.05, 0.1) is 0 Å². The van der Waals surface area contributed by atoms with Crippen LogP contribution in [0.5, 0.6) is 0 Å². The van der Waals surface area contributed by atoms with Crippen LogP contribution in [0.2, 0.25) is 0 Å².